The van der Waals surface area contributed by atoms with Gasteiger partial charge < -0.3 is 6.55 Å². The average Bonchev–Trinajstić information content (AvgIpc) is 1.46. The van der Waals surface area contributed by atoms with Gasteiger partial charge in [0.1, 0.15) is 0 Å². The van der Waals surface area contributed by atoms with E-state index in [1.54, 1.807) is 0 Å². The summed E-state index contributed by atoms with van der Waals surface area (Å²) < 4.78 is 0. The zero-order chi connectivity index (χ0) is 4.71. The van der Waals surface area contributed by atoms with Gasteiger partial charge in [-0.3, -0.25) is 0 Å². The van der Waals surface area contributed by atoms with E-state index in [0.717, 1.165) is 10.2 Å². The molecule has 0 spiro atoms. The number of hydrogen-bond donors (Lipinski definition) is 0. The van der Waals surface area contributed by atoms with Crippen LogP contribution in [0.2, 0.25) is 0 Å². The fraction of sp³-hybridized carbons (Fsp3) is 0. The maximum atomic E-state index is 3.39. The summed E-state index contributed by atoms with van der Waals surface area (Å²) in [7, 11) is 1.06. The first kappa shape index (κ1) is 16.0. The average molecular weight is 281 g/mol. The molecule has 0 aromatic rings. The molecule has 0 unspecified atom stereocenters. The van der Waals surface area contributed by atoms with E-state index in [1.807, 2.05) is 0 Å². The van der Waals surface area contributed by atoms with Crippen LogP contribution >= 0.6 is 0 Å². The van der Waals surface area contributed by atoms with Gasteiger partial charge in [-0.25, -0.2) is 19.6 Å². The van der Waals surface area contributed by atoms with Crippen molar-refractivity contribution in [1.82, 2.24) is 0 Å². The SMILES string of the molecule is C=C[CH2-].[CH2-][SiH3].[Pt+2]. The van der Waals surface area contributed by atoms with Gasteiger partial charge in [-0.1, -0.05) is 0 Å². The zero-order valence-electron chi connectivity index (χ0n) is 4.01. The van der Waals surface area contributed by atoms with Crippen molar-refractivity contribution < 1.29 is 21.1 Å². The molecule has 0 saturated carbocycles. The van der Waals surface area contributed by atoms with Gasteiger partial charge in [-0.05, 0) is 0 Å². The van der Waals surface area contributed by atoms with Gasteiger partial charge in [0.25, 0.3) is 0 Å². The van der Waals surface area contributed by atoms with Crippen LogP contribution in [0.3, 0.4) is 0 Å². The van der Waals surface area contributed by atoms with Crippen LogP contribution in [0.4, 0.5) is 0 Å². The van der Waals surface area contributed by atoms with E-state index in [4.69, 9.17) is 0 Å². The molecule has 0 radical (unpaired) electrons. The van der Waals surface area contributed by atoms with Crippen molar-refractivity contribution in [3.05, 3.63) is 26.1 Å². The van der Waals surface area contributed by atoms with Crippen LogP contribution in [0.1, 0.15) is 0 Å². The first-order valence-electron chi connectivity index (χ1n) is 1.52. The summed E-state index contributed by atoms with van der Waals surface area (Å²) in [6.07, 6.45) is 1.50. The Hall–Kier alpha value is 0.515. The molecule has 0 aliphatic carbocycles. The predicted molar refractivity (Wildman–Crippen MR) is 30.8 cm³/mol. The van der Waals surface area contributed by atoms with Crippen LogP contribution in [-0.4, -0.2) is 10.2 Å². The second-order valence-electron chi connectivity index (χ2n) is 0.289. The largest absolute Gasteiger partial charge is 2.00 e. The van der Waals surface area contributed by atoms with Crippen molar-refractivity contribution in [1.29, 1.82) is 0 Å². The molecule has 0 aromatic heterocycles. The second kappa shape index (κ2) is 49.0. The third kappa shape index (κ3) is 210. The predicted octanol–water partition coefficient (Wildman–Crippen LogP) is 0.147. The Labute approximate surface area is 57.7 Å². The van der Waals surface area contributed by atoms with E-state index >= 15 is 0 Å². The summed E-state index contributed by atoms with van der Waals surface area (Å²) in [5.41, 5.74) is 0. The molecule has 40 valence electrons. The van der Waals surface area contributed by atoms with Crippen LogP contribution < -0.4 is 0 Å². The van der Waals surface area contributed by atoms with Gasteiger partial charge in [0.15, 0.2) is 0 Å². The van der Waals surface area contributed by atoms with E-state index < -0.39 is 0 Å². The molecule has 0 aliphatic heterocycles. The van der Waals surface area contributed by atoms with E-state index in [-0.39, 0.29) is 21.1 Å². The minimum Gasteiger partial charge on any atom is -0.351 e. The summed E-state index contributed by atoms with van der Waals surface area (Å²) >= 11 is 0. The van der Waals surface area contributed by atoms with Crippen molar-refractivity contribution in [3.8, 4) is 0 Å². The van der Waals surface area contributed by atoms with Crippen molar-refractivity contribution in [2.45, 2.75) is 0 Å². The first-order chi connectivity index (χ1) is 2.41. The minimum absolute atomic E-state index is 0. The Balaban J connectivity index is -0.0000000275. The summed E-state index contributed by atoms with van der Waals surface area (Å²) in [4.78, 5) is 0. The molecular formula is C4H10PtSi. The quantitative estimate of drug-likeness (QED) is 0.438. The van der Waals surface area contributed by atoms with Crippen LogP contribution in [0, 0.1) is 13.5 Å². The van der Waals surface area contributed by atoms with Crippen molar-refractivity contribution in [3.63, 3.8) is 0 Å². The Morgan fingerprint density at radius 3 is 1.50 bits per heavy atom. The topological polar surface area (TPSA) is 0 Å². The maximum Gasteiger partial charge on any atom is 2.00 e. The van der Waals surface area contributed by atoms with Gasteiger partial charge in [0, 0.05) is 0 Å². The molecule has 0 N–H and O–H groups in total. The van der Waals surface area contributed by atoms with Gasteiger partial charge in [-0.15, -0.1) is 10.2 Å². The Morgan fingerprint density at radius 1 is 1.50 bits per heavy atom. The molecule has 6 heavy (non-hydrogen) atoms. The third-order valence-corrected chi connectivity index (χ3v) is 0. The zero-order valence-corrected chi connectivity index (χ0v) is 8.29. The van der Waals surface area contributed by atoms with Crippen molar-refractivity contribution >= 4 is 10.2 Å². The molecule has 0 saturated heterocycles. The van der Waals surface area contributed by atoms with E-state index in [0.29, 0.717) is 0 Å². The number of rotatable bonds is 0. The Morgan fingerprint density at radius 2 is 1.50 bits per heavy atom. The van der Waals surface area contributed by atoms with Crippen LogP contribution in [0.15, 0.2) is 12.7 Å². The Kier molecular flexibility index (Phi) is 131. The number of allylic oxidation sites excluding steroid dienone is 1. The van der Waals surface area contributed by atoms with Crippen molar-refractivity contribution in [2.24, 2.45) is 0 Å². The molecule has 0 rings (SSSR count). The molecule has 0 bridgehead atoms. The second-order valence-corrected chi connectivity index (χ2v) is 0.289. The fourth-order valence-corrected chi connectivity index (χ4v) is 0. The molecule has 0 aliphatic rings. The minimum atomic E-state index is 0. The monoisotopic (exact) mass is 281 g/mol. The summed E-state index contributed by atoms with van der Waals surface area (Å²) in [6.45, 7) is 9.89. The van der Waals surface area contributed by atoms with Gasteiger partial charge in [0.2, 0.25) is 0 Å². The van der Waals surface area contributed by atoms with Gasteiger partial charge in [-0.2, -0.15) is 0 Å². The molecule has 0 fully saturated rings. The summed E-state index contributed by atoms with van der Waals surface area (Å²) in [5.74, 6) is 0. The molecule has 0 aromatic carbocycles. The van der Waals surface area contributed by atoms with Crippen LogP contribution in [0.25, 0.3) is 0 Å². The smallest absolute Gasteiger partial charge is 0.351 e. The maximum absolute atomic E-state index is 3.39. The van der Waals surface area contributed by atoms with Crippen LogP contribution in [0.5, 0.6) is 0 Å². The van der Waals surface area contributed by atoms with E-state index in [2.05, 4.69) is 20.0 Å². The molecule has 0 nitrogen and oxygen atoms in total. The standard InChI is InChI=1S/C3H5.CH5Si.Pt/c1-3-2;1-2;/h3H,1-2H2;1H2,2H3;/q2*-1;+2. The molecule has 0 heterocycles. The molecular weight excluding hydrogens is 271 g/mol. The number of hydrogen-bond acceptors (Lipinski definition) is 0. The fourth-order valence-electron chi connectivity index (χ4n) is 0. The van der Waals surface area contributed by atoms with Gasteiger partial charge in [0.05, 0.1) is 0 Å². The Bertz CT molecular complexity index is 15.0. The first-order valence-corrected chi connectivity index (χ1v) is 2.94. The molecule has 0 atom stereocenters. The summed E-state index contributed by atoms with van der Waals surface area (Å²) in [6, 6.07) is 0. The molecule has 0 amide bonds. The van der Waals surface area contributed by atoms with Gasteiger partial charge >= 0.3 is 21.1 Å². The summed E-state index contributed by atoms with van der Waals surface area (Å²) in [5, 5.41) is 0. The van der Waals surface area contributed by atoms with Crippen LogP contribution in [-0.2, 0) is 21.1 Å². The third-order valence-electron chi connectivity index (χ3n) is 0. The van der Waals surface area contributed by atoms with E-state index in [9.17, 15) is 0 Å². The van der Waals surface area contributed by atoms with E-state index in [1.165, 1.54) is 6.08 Å². The molecule has 2 heteroatoms. The van der Waals surface area contributed by atoms with Crippen molar-refractivity contribution in [2.75, 3.05) is 0 Å². The normalized spacial score (nSPS) is 3.50.